The average Bonchev–Trinajstić information content (AvgIpc) is 2.35. The van der Waals surface area contributed by atoms with Crippen LogP contribution in [0.2, 0.25) is 0 Å². The van der Waals surface area contributed by atoms with Crippen molar-refractivity contribution < 1.29 is 9.90 Å². The van der Waals surface area contributed by atoms with Gasteiger partial charge in [0.25, 0.3) is 5.56 Å². The molecule has 0 aliphatic rings. The number of carboxylic acids is 1. The highest BCUT2D eigenvalue weighted by molar-refractivity contribution is 5.74. The SMILES string of the molecule is NC(CCC(=O)O)c1ccc2[nH]c(=O)cnc2c1. The van der Waals surface area contributed by atoms with Crippen molar-refractivity contribution in [1.82, 2.24) is 9.97 Å². The van der Waals surface area contributed by atoms with Crippen molar-refractivity contribution in [1.29, 1.82) is 0 Å². The van der Waals surface area contributed by atoms with Crippen molar-refractivity contribution in [2.24, 2.45) is 5.73 Å². The van der Waals surface area contributed by atoms with Crippen LogP contribution in [-0.4, -0.2) is 21.0 Å². The highest BCUT2D eigenvalue weighted by Gasteiger charge is 2.09. The summed E-state index contributed by atoms with van der Waals surface area (Å²) in [7, 11) is 0. The molecule has 0 fully saturated rings. The minimum Gasteiger partial charge on any atom is -0.481 e. The normalized spacial score (nSPS) is 12.5. The van der Waals surface area contributed by atoms with E-state index in [1.165, 1.54) is 6.20 Å². The van der Waals surface area contributed by atoms with Crippen molar-refractivity contribution in [3.63, 3.8) is 0 Å². The summed E-state index contributed by atoms with van der Waals surface area (Å²) in [6.07, 6.45) is 1.59. The number of fused-ring (bicyclic) bond motifs is 1. The Hall–Kier alpha value is -2.21. The quantitative estimate of drug-likeness (QED) is 0.740. The molecule has 0 aliphatic heterocycles. The lowest BCUT2D eigenvalue weighted by atomic mass is 10.0. The summed E-state index contributed by atoms with van der Waals surface area (Å²) in [5.74, 6) is -0.867. The number of aromatic nitrogens is 2. The van der Waals surface area contributed by atoms with E-state index in [0.29, 0.717) is 17.5 Å². The molecule has 1 aromatic carbocycles. The van der Waals surface area contributed by atoms with Gasteiger partial charge in [0.1, 0.15) is 0 Å². The Kier molecular flexibility index (Phi) is 3.38. The lowest BCUT2D eigenvalue weighted by molar-refractivity contribution is -0.137. The zero-order valence-electron chi connectivity index (χ0n) is 9.59. The van der Waals surface area contributed by atoms with Crippen LogP contribution in [-0.2, 0) is 4.79 Å². The first-order chi connectivity index (χ1) is 8.56. The van der Waals surface area contributed by atoms with Crippen molar-refractivity contribution >= 4 is 17.0 Å². The Balaban J connectivity index is 2.26. The number of benzene rings is 1. The number of hydrogen-bond donors (Lipinski definition) is 3. The zero-order chi connectivity index (χ0) is 13.1. The van der Waals surface area contributed by atoms with Gasteiger partial charge in [-0.15, -0.1) is 0 Å². The fourth-order valence-electron chi connectivity index (χ4n) is 1.73. The number of H-pyrrole nitrogens is 1. The Bertz CT molecular complexity index is 636. The number of aromatic amines is 1. The monoisotopic (exact) mass is 247 g/mol. The maximum atomic E-state index is 11.1. The Labute approximate surface area is 102 Å². The lowest BCUT2D eigenvalue weighted by Crippen LogP contribution is -2.12. The van der Waals surface area contributed by atoms with Gasteiger partial charge in [-0.25, -0.2) is 4.98 Å². The third kappa shape index (κ3) is 2.72. The molecule has 0 bridgehead atoms. The van der Waals surface area contributed by atoms with E-state index in [2.05, 4.69) is 9.97 Å². The second-order valence-corrected chi connectivity index (χ2v) is 4.06. The zero-order valence-corrected chi connectivity index (χ0v) is 9.59. The molecule has 18 heavy (non-hydrogen) atoms. The van der Waals surface area contributed by atoms with Gasteiger partial charge in [-0.1, -0.05) is 6.07 Å². The van der Waals surface area contributed by atoms with Gasteiger partial charge < -0.3 is 15.8 Å². The predicted octanol–water partition coefficient (Wildman–Crippen LogP) is 0.788. The molecule has 4 N–H and O–H groups in total. The predicted molar refractivity (Wildman–Crippen MR) is 66.2 cm³/mol. The summed E-state index contributed by atoms with van der Waals surface area (Å²) in [6, 6.07) is 4.91. The van der Waals surface area contributed by atoms with E-state index in [0.717, 1.165) is 5.56 Å². The maximum Gasteiger partial charge on any atom is 0.303 e. The fraction of sp³-hybridized carbons (Fsp3) is 0.250. The van der Waals surface area contributed by atoms with E-state index >= 15 is 0 Å². The van der Waals surface area contributed by atoms with Crippen molar-refractivity contribution in [3.05, 3.63) is 40.3 Å². The minimum absolute atomic E-state index is 0.0260. The second kappa shape index (κ2) is 4.97. The molecule has 0 aliphatic carbocycles. The van der Waals surface area contributed by atoms with Crippen LogP contribution in [0.15, 0.2) is 29.2 Å². The molecule has 0 saturated heterocycles. The standard InChI is InChI=1S/C12H13N3O3/c13-8(2-4-12(17)18)7-1-3-9-10(5-7)14-6-11(16)15-9/h1,3,5-6,8H,2,4,13H2,(H,15,16)(H,17,18). The van der Waals surface area contributed by atoms with Gasteiger partial charge in [-0.3, -0.25) is 9.59 Å². The highest BCUT2D eigenvalue weighted by Crippen LogP contribution is 2.19. The minimum atomic E-state index is -0.867. The van der Waals surface area contributed by atoms with Gasteiger partial charge >= 0.3 is 5.97 Å². The topological polar surface area (TPSA) is 109 Å². The van der Waals surface area contributed by atoms with E-state index < -0.39 is 5.97 Å². The number of carboxylic acid groups (broad SMARTS) is 1. The molecule has 0 spiro atoms. The third-order valence-electron chi connectivity index (χ3n) is 2.70. The van der Waals surface area contributed by atoms with Crippen LogP contribution in [0.5, 0.6) is 0 Å². The van der Waals surface area contributed by atoms with Crippen LogP contribution >= 0.6 is 0 Å². The molecule has 1 unspecified atom stereocenters. The molecule has 2 rings (SSSR count). The highest BCUT2D eigenvalue weighted by atomic mass is 16.4. The average molecular weight is 247 g/mol. The number of hydrogen-bond acceptors (Lipinski definition) is 4. The van der Waals surface area contributed by atoms with E-state index in [4.69, 9.17) is 10.8 Å². The smallest absolute Gasteiger partial charge is 0.303 e. The molecule has 6 nitrogen and oxygen atoms in total. The number of carbonyl (C=O) groups is 1. The molecular formula is C12H13N3O3. The van der Waals surface area contributed by atoms with Crippen LogP contribution in [0, 0.1) is 0 Å². The van der Waals surface area contributed by atoms with Gasteiger partial charge in [0.15, 0.2) is 0 Å². The first-order valence-electron chi connectivity index (χ1n) is 5.52. The van der Waals surface area contributed by atoms with Crippen molar-refractivity contribution in [2.45, 2.75) is 18.9 Å². The largest absolute Gasteiger partial charge is 0.481 e. The van der Waals surface area contributed by atoms with Gasteiger partial charge in [0.05, 0.1) is 17.2 Å². The first-order valence-corrected chi connectivity index (χ1v) is 5.52. The number of nitrogens with one attached hydrogen (secondary N) is 1. The summed E-state index contributed by atoms with van der Waals surface area (Å²) < 4.78 is 0. The van der Waals surface area contributed by atoms with Gasteiger partial charge in [-0.2, -0.15) is 0 Å². The molecule has 1 heterocycles. The number of nitrogens with zero attached hydrogens (tertiary/aromatic N) is 1. The first kappa shape index (κ1) is 12.3. The van der Waals surface area contributed by atoms with E-state index in [-0.39, 0.29) is 18.0 Å². The maximum absolute atomic E-state index is 11.1. The van der Waals surface area contributed by atoms with Crippen LogP contribution in [0.1, 0.15) is 24.4 Å². The van der Waals surface area contributed by atoms with Crippen LogP contribution in [0.25, 0.3) is 11.0 Å². The van der Waals surface area contributed by atoms with Crippen LogP contribution in [0.4, 0.5) is 0 Å². The van der Waals surface area contributed by atoms with Crippen LogP contribution in [0.3, 0.4) is 0 Å². The van der Waals surface area contributed by atoms with Crippen molar-refractivity contribution in [3.8, 4) is 0 Å². The Morgan fingerprint density at radius 2 is 2.28 bits per heavy atom. The molecule has 0 saturated carbocycles. The molecule has 2 aromatic rings. The Morgan fingerprint density at radius 1 is 1.50 bits per heavy atom. The molecule has 94 valence electrons. The van der Waals surface area contributed by atoms with Crippen LogP contribution < -0.4 is 11.3 Å². The molecular weight excluding hydrogens is 234 g/mol. The lowest BCUT2D eigenvalue weighted by Gasteiger charge is -2.11. The number of nitrogens with two attached hydrogens (primary N) is 1. The summed E-state index contributed by atoms with van der Waals surface area (Å²) in [4.78, 5) is 28.2. The van der Waals surface area contributed by atoms with E-state index in [1.54, 1.807) is 18.2 Å². The summed E-state index contributed by atoms with van der Waals surface area (Å²) in [5, 5.41) is 8.60. The second-order valence-electron chi connectivity index (χ2n) is 4.06. The van der Waals surface area contributed by atoms with Gasteiger partial charge in [0, 0.05) is 12.5 Å². The fourth-order valence-corrected chi connectivity index (χ4v) is 1.73. The Morgan fingerprint density at radius 3 is 3.00 bits per heavy atom. The van der Waals surface area contributed by atoms with Gasteiger partial charge in [0.2, 0.25) is 0 Å². The molecule has 1 atom stereocenters. The van der Waals surface area contributed by atoms with E-state index in [9.17, 15) is 9.59 Å². The molecule has 0 radical (unpaired) electrons. The summed E-state index contributed by atoms with van der Waals surface area (Å²) in [5.41, 5.74) is 7.72. The molecule has 1 aromatic heterocycles. The van der Waals surface area contributed by atoms with Crippen molar-refractivity contribution in [2.75, 3.05) is 0 Å². The number of aliphatic carboxylic acids is 1. The van der Waals surface area contributed by atoms with E-state index in [1.807, 2.05) is 0 Å². The molecule has 0 amide bonds. The third-order valence-corrected chi connectivity index (χ3v) is 2.70. The number of rotatable bonds is 4. The summed E-state index contributed by atoms with van der Waals surface area (Å²) in [6.45, 7) is 0. The summed E-state index contributed by atoms with van der Waals surface area (Å²) >= 11 is 0. The molecule has 6 heteroatoms. The van der Waals surface area contributed by atoms with Gasteiger partial charge in [-0.05, 0) is 24.1 Å².